The van der Waals surface area contributed by atoms with Gasteiger partial charge in [-0.3, -0.25) is 4.99 Å². The highest BCUT2D eigenvalue weighted by Gasteiger charge is 2.20. The van der Waals surface area contributed by atoms with Crippen LogP contribution in [0.15, 0.2) is 47.5 Å². The molecule has 8 nitrogen and oxygen atoms in total. The van der Waals surface area contributed by atoms with Crippen LogP contribution in [-0.2, 0) is 0 Å². The molecule has 0 spiro atoms. The molecule has 1 saturated heterocycles. The van der Waals surface area contributed by atoms with Gasteiger partial charge in [-0.1, -0.05) is 0 Å². The van der Waals surface area contributed by atoms with E-state index in [1.54, 1.807) is 27.4 Å². The van der Waals surface area contributed by atoms with Crippen molar-refractivity contribution in [1.82, 2.24) is 10.2 Å². The molecule has 9 heteroatoms. The minimum Gasteiger partial charge on any atom is -0.497 e. The zero-order chi connectivity index (χ0) is 22.9. The number of piperazine rings is 1. The number of nitrogens with one attached hydrogen (secondary N) is 1. The number of aliphatic imine (C=N–C) groups is 1. The first-order valence-corrected chi connectivity index (χ1v) is 10.9. The Balaban J connectivity index is 0.00000385. The van der Waals surface area contributed by atoms with E-state index in [0.717, 1.165) is 44.4 Å². The molecule has 2 N–H and O–H groups in total. The summed E-state index contributed by atoms with van der Waals surface area (Å²) in [6, 6.07) is 13.6. The van der Waals surface area contributed by atoms with Crippen molar-refractivity contribution in [2.24, 2.45) is 4.99 Å². The maximum atomic E-state index is 10.7. The third-order valence-electron chi connectivity index (χ3n) is 5.52. The molecule has 182 valence electrons. The molecule has 3 rings (SSSR count). The summed E-state index contributed by atoms with van der Waals surface area (Å²) in [6.45, 7) is 6.55. The van der Waals surface area contributed by atoms with Crippen LogP contribution in [0.5, 0.6) is 17.2 Å². The lowest BCUT2D eigenvalue weighted by atomic mass is 10.1. The average Bonchev–Trinajstić information content (AvgIpc) is 2.86. The van der Waals surface area contributed by atoms with E-state index in [1.165, 1.54) is 5.69 Å². The molecule has 1 fully saturated rings. The van der Waals surface area contributed by atoms with Crippen LogP contribution < -0.4 is 24.4 Å². The minimum atomic E-state index is -0.756. The normalized spacial score (nSPS) is 14.9. The summed E-state index contributed by atoms with van der Waals surface area (Å²) in [5.41, 5.74) is 1.90. The molecular weight excluding hydrogens is 535 g/mol. The summed E-state index contributed by atoms with van der Waals surface area (Å²) in [5.74, 6) is 2.96. The first-order valence-electron chi connectivity index (χ1n) is 10.9. The smallest absolute Gasteiger partial charge is 0.194 e. The van der Waals surface area contributed by atoms with Gasteiger partial charge >= 0.3 is 0 Å². The summed E-state index contributed by atoms with van der Waals surface area (Å²) >= 11 is 0. The first kappa shape index (κ1) is 26.8. The van der Waals surface area contributed by atoms with Gasteiger partial charge in [0.05, 0.1) is 34.0 Å². The van der Waals surface area contributed by atoms with Gasteiger partial charge in [-0.15, -0.1) is 24.0 Å². The van der Waals surface area contributed by atoms with Crippen molar-refractivity contribution in [3.8, 4) is 17.2 Å². The monoisotopic (exact) mass is 570 g/mol. The fraction of sp³-hybridized carbons (Fsp3) is 0.458. The van der Waals surface area contributed by atoms with Gasteiger partial charge in [-0.25, -0.2) is 0 Å². The van der Waals surface area contributed by atoms with Crippen LogP contribution in [0.3, 0.4) is 0 Å². The van der Waals surface area contributed by atoms with E-state index >= 15 is 0 Å². The van der Waals surface area contributed by atoms with Gasteiger partial charge in [0.1, 0.15) is 17.2 Å². The molecule has 1 aliphatic heterocycles. The van der Waals surface area contributed by atoms with E-state index in [9.17, 15) is 5.11 Å². The lowest BCUT2D eigenvalue weighted by Gasteiger charge is -2.37. The summed E-state index contributed by atoms with van der Waals surface area (Å²) in [4.78, 5) is 9.31. The van der Waals surface area contributed by atoms with Crippen molar-refractivity contribution in [2.45, 2.75) is 13.0 Å². The lowest BCUT2D eigenvalue weighted by molar-refractivity contribution is 0.185. The molecule has 0 aromatic heterocycles. The minimum absolute atomic E-state index is 0. The Hall–Kier alpha value is -2.40. The number of aliphatic hydroxyl groups is 1. The second-order valence-corrected chi connectivity index (χ2v) is 7.53. The number of hydrogen-bond acceptors (Lipinski definition) is 6. The number of guanidine groups is 1. The number of methoxy groups -OCH3 is 3. The van der Waals surface area contributed by atoms with Gasteiger partial charge in [0.25, 0.3) is 0 Å². The SMILES string of the molecule is CCNC(=NCC(O)c1cc(OC)cc(OC)c1)N1CCN(c2ccc(OC)cc2)CC1.I. The number of anilines is 1. The largest absolute Gasteiger partial charge is 0.497 e. The molecule has 0 aliphatic carbocycles. The summed E-state index contributed by atoms with van der Waals surface area (Å²) in [5, 5.41) is 14.1. The van der Waals surface area contributed by atoms with Crippen LogP contribution in [-0.4, -0.2) is 76.6 Å². The zero-order valence-corrected chi connectivity index (χ0v) is 22.1. The first-order chi connectivity index (χ1) is 15.6. The second-order valence-electron chi connectivity index (χ2n) is 7.53. The molecule has 1 atom stereocenters. The van der Waals surface area contributed by atoms with Crippen LogP contribution >= 0.6 is 24.0 Å². The van der Waals surface area contributed by atoms with E-state index in [1.807, 2.05) is 31.2 Å². The number of ether oxygens (including phenoxy) is 3. The van der Waals surface area contributed by atoms with Crippen LogP contribution in [0.1, 0.15) is 18.6 Å². The Morgan fingerprint density at radius 2 is 1.52 bits per heavy atom. The number of nitrogens with zero attached hydrogens (tertiary/aromatic N) is 3. The predicted octanol–water partition coefficient (Wildman–Crippen LogP) is 3.15. The van der Waals surface area contributed by atoms with Crippen molar-refractivity contribution < 1.29 is 19.3 Å². The molecule has 33 heavy (non-hydrogen) atoms. The Morgan fingerprint density at radius 1 is 0.939 bits per heavy atom. The maximum absolute atomic E-state index is 10.7. The fourth-order valence-corrected chi connectivity index (χ4v) is 3.70. The molecule has 0 radical (unpaired) electrons. The summed E-state index contributed by atoms with van der Waals surface area (Å²) < 4.78 is 15.9. The molecule has 0 bridgehead atoms. The fourth-order valence-electron chi connectivity index (χ4n) is 3.70. The molecule has 1 unspecified atom stereocenters. The van der Waals surface area contributed by atoms with Crippen LogP contribution in [0, 0.1) is 0 Å². The number of halogens is 1. The molecule has 1 heterocycles. The molecule has 2 aromatic rings. The van der Waals surface area contributed by atoms with Gasteiger partial charge in [0, 0.05) is 44.5 Å². The van der Waals surface area contributed by atoms with E-state index in [4.69, 9.17) is 19.2 Å². The van der Waals surface area contributed by atoms with Gasteiger partial charge in [-0.05, 0) is 48.9 Å². The number of rotatable bonds is 8. The molecule has 2 aromatic carbocycles. The molecule has 1 aliphatic rings. The number of hydrogen-bond donors (Lipinski definition) is 2. The van der Waals surface area contributed by atoms with Gasteiger partial charge in [0.15, 0.2) is 5.96 Å². The summed E-state index contributed by atoms with van der Waals surface area (Å²) in [7, 11) is 4.87. The highest BCUT2D eigenvalue weighted by Crippen LogP contribution is 2.27. The topological polar surface area (TPSA) is 78.8 Å². The molecule has 0 saturated carbocycles. The summed E-state index contributed by atoms with van der Waals surface area (Å²) in [6.07, 6.45) is -0.756. The number of benzene rings is 2. The van der Waals surface area contributed by atoms with Crippen LogP contribution in [0.2, 0.25) is 0 Å². The van der Waals surface area contributed by atoms with Gasteiger partial charge in [0.2, 0.25) is 0 Å². The highest BCUT2D eigenvalue weighted by molar-refractivity contribution is 14.0. The standard InChI is InChI=1S/C24H34N4O4.HI/c1-5-25-24(26-17-23(29)18-14-21(31-3)16-22(15-18)32-4)28-12-10-27(11-13-28)19-6-8-20(30-2)9-7-19;/h6-9,14-16,23,29H,5,10-13,17H2,1-4H3,(H,25,26);1H. The van der Waals surface area contributed by atoms with Crippen molar-refractivity contribution in [3.05, 3.63) is 48.0 Å². The van der Waals surface area contributed by atoms with E-state index in [-0.39, 0.29) is 30.5 Å². The highest BCUT2D eigenvalue weighted by atomic mass is 127. The zero-order valence-electron chi connectivity index (χ0n) is 19.8. The van der Waals surface area contributed by atoms with E-state index in [2.05, 4.69) is 27.2 Å². The average molecular weight is 570 g/mol. The van der Waals surface area contributed by atoms with Crippen molar-refractivity contribution >= 4 is 35.6 Å². The van der Waals surface area contributed by atoms with E-state index < -0.39 is 6.10 Å². The quantitative estimate of drug-likeness (QED) is 0.287. The second kappa shape index (κ2) is 13.3. The Morgan fingerprint density at radius 3 is 2.03 bits per heavy atom. The maximum Gasteiger partial charge on any atom is 0.194 e. The molecular formula is C24H35IN4O4. The van der Waals surface area contributed by atoms with E-state index in [0.29, 0.717) is 17.1 Å². The van der Waals surface area contributed by atoms with Gasteiger partial charge < -0.3 is 34.4 Å². The predicted molar refractivity (Wildman–Crippen MR) is 143 cm³/mol. The lowest BCUT2D eigenvalue weighted by Crippen LogP contribution is -2.52. The van der Waals surface area contributed by atoms with Crippen molar-refractivity contribution in [1.29, 1.82) is 0 Å². The third kappa shape index (κ3) is 7.29. The Bertz CT molecular complexity index is 864. The third-order valence-corrected chi connectivity index (χ3v) is 5.52. The van der Waals surface area contributed by atoms with Gasteiger partial charge in [-0.2, -0.15) is 0 Å². The molecule has 0 amide bonds. The number of aliphatic hydroxyl groups excluding tert-OH is 1. The van der Waals surface area contributed by atoms with Crippen molar-refractivity contribution in [3.63, 3.8) is 0 Å². The van der Waals surface area contributed by atoms with Crippen LogP contribution in [0.4, 0.5) is 5.69 Å². The van der Waals surface area contributed by atoms with Crippen LogP contribution in [0.25, 0.3) is 0 Å². The van der Waals surface area contributed by atoms with Crippen molar-refractivity contribution in [2.75, 3.05) is 65.5 Å². The Kier molecular flexibility index (Phi) is 10.9. The Labute approximate surface area is 213 Å².